The Morgan fingerprint density at radius 3 is 2.80 bits per heavy atom. The third-order valence-electron chi connectivity index (χ3n) is 2.72. The number of nitrogens with two attached hydrogens (primary N) is 1. The molecule has 0 saturated heterocycles. The number of imidazole rings is 1. The summed E-state index contributed by atoms with van der Waals surface area (Å²) >= 11 is 3.21. The number of nitrogens with zero attached hydrogens (tertiary/aromatic N) is 2. The number of hydrogen-bond acceptors (Lipinski definition) is 4. The minimum absolute atomic E-state index is 0.0354. The van der Waals surface area contributed by atoms with Crippen LogP contribution in [0.4, 0.5) is 0 Å². The van der Waals surface area contributed by atoms with E-state index in [1.165, 1.54) is 6.07 Å². The molecule has 0 fully saturated rings. The van der Waals surface area contributed by atoms with Gasteiger partial charge in [-0.1, -0.05) is 15.9 Å². The fourth-order valence-electron chi connectivity index (χ4n) is 1.71. The van der Waals surface area contributed by atoms with Crippen LogP contribution in [0.1, 0.15) is 5.82 Å². The number of hydrogen-bond donors (Lipinski definition) is 1. The van der Waals surface area contributed by atoms with E-state index in [4.69, 9.17) is 9.88 Å². The standard InChI is InChI=1S/C12H14BrN3O3S/c1-16-6-5-15-12(16)4-7-19-10-3-2-9(13)8-11(10)20(14,17)18/h2-3,5-6,8H,4,7H2,1H3,(H2,14,17,18). The van der Waals surface area contributed by atoms with Crippen LogP contribution in [0, 0.1) is 0 Å². The van der Waals surface area contributed by atoms with Crippen LogP contribution >= 0.6 is 15.9 Å². The van der Waals surface area contributed by atoms with E-state index in [0.717, 1.165) is 5.82 Å². The lowest BCUT2D eigenvalue weighted by Crippen LogP contribution is -2.15. The van der Waals surface area contributed by atoms with Crippen LogP contribution in [-0.4, -0.2) is 24.6 Å². The normalized spacial score (nSPS) is 11.6. The van der Waals surface area contributed by atoms with E-state index in [1.54, 1.807) is 18.3 Å². The number of sulfonamides is 1. The summed E-state index contributed by atoms with van der Waals surface area (Å²) in [7, 11) is -1.94. The fraction of sp³-hybridized carbons (Fsp3) is 0.250. The Labute approximate surface area is 125 Å². The molecule has 0 aliphatic heterocycles. The quantitative estimate of drug-likeness (QED) is 0.874. The second-order valence-electron chi connectivity index (χ2n) is 4.19. The minimum Gasteiger partial charge on any atom is -0.492 e. The Morgan fingerprint density at radius 2 is 2.20 bits per heavy atom. The van der Waals surface area contributed by atoms with Gasteiger partial charge in [-0.25, -0.2) is 18.5 Å². The summed E-state index contributed by atoms with van der Waals surface area (Å²) in [5.74, 6) is 1.10. The van der Waals surface area contributed by atoms with Crippen molar-refractivity contribution >= 4 is 26.0 Å². The van der Waals surface area contributed by atoms with Gasteiger partial charge < -0.3 is 9.30 Å². The van der Waals surface area contributed by atoms with Gasteiger partial charge in [-0.2, -0.15) is 0 Å². The molecule has 1 aromatic carbocycles. The van der Waals surface area contributed by atoms with Crippen LogP contribution in [0.25, 0.3) is 0 Å². The average Bonchev–Trinajstić information content (AvgIpc) is 2.76. The molecule has 6 nitrogen and oxygen atoms in total. The molecular formula is C12H14BrN3O3S. The maximum absolute atomic E-state index is 11.5. The SMILES string of the molecule is Cn1ccnc1CCOc1ccc(Br)cc1S(N)(=O)=O. The van der Waals surface area contributed by atoms with Gasteiger partial charge in [0, 0.05) is 30.3 Å². The Hall–Kier alpha value is -1.38. The van der Waals surface area contributed by atoms with Crippen molar-refractivity contribution in [3.63, 3.8) is 0 Å². The Morgan fingerprint density at radius 1 is 1.45 bits per heavy atom. The summed E-state index contributed by atoms with van der Waals surface area (Å²) in [5, 5.41) is 5.17. The van der Waals surface area contributed by atoms with Gasteiger partial charge in [0.15, 0.2) is 0 Å². The monoisotopic (exact) mass is 359 g/mol. The Kier molecular flexibility index (Phi) is 4.46. The van der Waals surface area contributed by atoms with Gasteiger partial charge in [-0.05, 0) is 18.2 Å². The van der Waals surface area contributed by atoms with E-state index in [2.05, 4.69) is 20.9 Å². The molecule has 0 unspecified atom stereocenters. The maximum atomic E-state index is 11.5. The van der Waals surface area contributed by atoms with Crippen molar-refractivity contribution in [2.45, 2.75) is 11.3 Å². The molecular weight excluding hydrogens is 346 g/mol. The zero-order valence-corrected chi connectivity index (χ0v) is 13.2. The van der Waals surface area contributed by atoms with Crippen LogP contribution in [0.5, 0.6) is 5.75 Å². The lowest BCUT2D eigenvalue weighted by molar-refractivity contribution is 0.309. The first-order valence-corrected chi connectivity index (χ1v) is 8.13. The lowest BCUT2D eigenvalue weighted by Gasteiger charge is -2.10. The highest BCUT2D eigenvalue weighted by Gasteiger charge is 2.15. The van der Waals surface area contributed by atoms with E-state index < -0.39 is 10.0 Å². The molecule has 2 rings (SSSR count). The van der Waals surface area contributed by atoms with Crippen molar-refractivity contribution in [3.05, 3.63) is 40.9 Å². The van der Waals surface area contributed by atoms with Gasteiger partial charge in [0.05, 0.1) is 6.61 Å². The molecule has 0 atom stereocenters. The van der Waals surface area contributed by atoms with Crippen molar-refractivity contribution in [3.8, 4) is 5.75 Å². The first-order chi connectivity index (χ1) is 9.38. The lowest BCUT2D eigenvalue weighted by atomic mass is 10.3. The van der Waals surface area contributed by atoms with E-state index >= 15 is 0 Å². The van der Waals surface area contributed by atoms with Crippen LogP contribution < -0.4 is 9.88 Å². The molecule has 0 aliphatic carbocycles. The molecule has 0 saturated carbocycles. The first-order valence-electron chi connectivity index (χ1n) is 5.79. The molecule has 1 heterocycles. The highest BCUT2D eigenvalue weighted by molar-refractivity contribution is 9.10. The van der Waals surface area contributed by atoms with Crippen molar-refractivity contribution in [2.24, 2.45) is 12.2 Å². The van der Waals surface area contributed by atoms with Gasteiger partial charge in [-0.15, -0.1) is 0 Å². The second-order valence-corrected chi connectivity index (χ2v) is 6.63. The van der Waals surface area contributed by atoms with Crippen molar-refractivity contribution < 1.29 is 13.2 Å². The van der Waals surface area contributed by atoms with E-state index in [0.29, 0.717) is 17.5 Å². The second kappa shape index (κ2) is 5.94. The maximum Gasteiger partial charge on any atom is 0.241 e. The molecule has 0 radical (unpaired) electrons. The zero-order valence-electron chi connectivity index (χ0n) is 10.8. The van der Waals surface area contributed by atoms with E-state index in [-0.39, 0.29) is 10.6 Å². The summed E-state index contributed by atoms with van der Waals surface area (Å²) in [6, 6.07) is 4.69. The van der Waals surface area contributed by atoms with Crippen molar-refractivity contribution in [1.29, 1.82) is 0 Å². The smallest absolute Gasteiger partial charge is 0.241 e. The number of halogens is 1. The van der Waals surface area contributed by atoms with Crippen molar-refractivity contribution in [2.75, 3.05) is 6.61 Å². The Bertz CT molecular complexity index is 712. The zero-order chi connectivity index (χ0) is 14.8. The molecule has 0 amide bonds. The number of aromatic nitrogens is 2. The van der Waals surface area contributed by atoms with Gasteiger partial charge in [0.1, 0.15) is 16.5 Å². The van der Waals surface area contributed by atoms with Gasteiger partial charge >= 0.3 is 0 Å². The largest absolute Gasteiger partial charge is 0.492 e. The molecule has 2 N–H and O–H groups in total. The summed E-state index contributed by atoms with van der Waals surface area (Å²) < 4.78 is 31.0. The van der Waals surface area contributed by atoms with Crippen LogP contribution in [-0.2, 0) is 23.5 Å². The molecule has 20 heavy (non-hydrogen) atoms. The molecule has 0 spiro atoms. The molecule has 0 aliphatic rings. The number of primary sulfonamides is 1. The first kappa shape index (κ1) is 15.0. The molecule has 1 aromatic heterocycles. The summed E-state index contributed by atoms with van der Waals surface area (Å²) in [5.41, 5.74) is 0. The van der Waals surface area contributed by atoms with Crippen LogP contribution in [0.15, 0.2) is 40.0 Å². The highest BCUT2D eigenvalue weighted by atomic mass is 79.9. The fourth-order valence-corrected chi connectivity index (χ4v) is 2.92. The highest BCUT2D eigenvalue weighted by Crippen LogP contribution is 2.26. The van der Waals surface area contributed by atoms with E-state index in [1.807, 2.05) is 17.8 Å². The third kappa shape index (κ3) is 3.59. The molecule has 108 valence electrons. The van der Waals surface area contributed by atoms with Gasteiger partial charge in [-0.3, -0.25) is 0 Å². The number of rotatable bonds is 5. The van der Waals surface area contributed by atoms with Crippen LogP contribution in [0.3, 0.4) is 0 Å². The van der Waals surface area contributed by atoms with Gasteiger partial charge in [0.25, 0.3) is 0 Å². The number of benzene rings is 1. The number of aryl methyl sites for hydroxylation is 1. The van der Waals surface area contributed by atoms with Gasteiger partial charge in [0.2, 0.25) is 10.0 Å². The predicted molar refractivity (Wildman–Crippen MR) is 77.9 cm³/mol. The summed E-state index contributed by atoms with van der Waals surface area (Å²) in [6.45, 7) is 0.314. The topological polar surface area (TPSA) is 87.2 Å². The predicted octanol–water partition coefficient (Wildman–Crippen LogP) is 1.45. The Balaban J connectivity index is 2.12. The van der Waals surface area contributed by atoms with Crippen molar-refractivity contribution in [1.82, 2.24) is 9.55 Å². The third-order valence-corrected chi connectivity index (χ3v) is 4.14. The number of ether oxygens (including phenoxy) is 1. The van der Waals surface area contributed by atoms with E-state index in [9.17, 15) is 8.42 Å². The molecule has 2 aromatic rings. The summed E-state index contributed by atoms with van der Waals surface area (Å²) in [4.78, 5) is 4.13. The molecule has 0 bridgehead atoms. The van der Waals surface area contributed by atoms with Crippen LogP contribution in [0.2, 0.25) is 0 Å². The molecule has 8 heteroatoms. The summed E-state index contributed by atoms with van der Waals surface area (Å²) in [6.07, 6.45) is 4.11. The average molecular weight is 360 g/mol. The minimum atomic E-state index is -3.82.